The molecule has 2 fully saturated rings. The first kappa shape index (κ1) is 9.09. The molecule has 0 N–H and O–H groups in total. The van der Waals surface area contributed by atoms with Crippen LogP contribution in [0.5, 0.6) is 0 Å². The van der Waals surface area contributed by atoms with Crippen LogP contribution in [0.4, 0.5) is 5.82 Å². The van der Waals surface area contributed by atoms with Crippen molar-refractivity contribution in [3.63, 3.8) is 0 Å². The van der Waals surface area contributed by atoms with Crippen molar-refractivity contribution in [2.24, 2.45) is 5.41 Å². The second-order valence-electron chi connectivity index (χ2n) is 4.54. The first-order valence-corrected chi connectivity index (χ1v) is 5.47. The summed E-state index contributed by atoms with van der Waals surface area (Å²) in [5.74, 6) is 1.00. The predicted molar refractivity (Wildman–Crippen MR) is 56.7 cm³/mol. The highest BCUT2D eigenvalue weighted by atomic mass is 16.5. The van der Waals surface area contributed by atoms with E-state index in [0.29, 0.717) is 5.41 Å². The quantitative estimate of drug-likeness (QED) is 0.688. The van der Waals surface area contributed by atoms with Crippen LogP contribution in [-0.2, 0) is 4.74 Å². The van der Waals surface area contributed by atoms with Crippen LogP contribution < -0.4 is 4.90 Å². The van der Waals surface area contributed by atoms with Gasteiger partial charge in [-0.1, -0.05) is 0 Å². The van der Waals surface area contributed by atoms with Crippen molar-refractivity contribution in [3.05, 3.63) is 18.6 Å². The molecule has 0 amide bonds. The summed E-state index contributed by atoms with van der Waals surface area (Å²) < 4.78 is 5.50. The van der Waals surface area contributed by atoms with E-state index in [1.54, 1.807) is 12.4 Å². The molecule has 2 aliphatic rings. The minimum absolute atomic E-state index is 0.400. The van der Waals surface area contributed by atoms with Crippen molar-refractivity contribution in [1.82, 2.24) is 9.97 Å². The molecule has 80 valence electrons. The molecule has 1 atom stereocenters. The highest BCUT2D eigenvalue weighted by molar-refractivity contribution is 5.37. The zero-order valence-corrected chi connectivity index (χ0v) is 8.72. The summed E-state index contributed by atoms with van der Waals surface area (Å²) in [5.41, 5.74) is 0.400. The Balaban J connectivity index is 1.76. The van der Waals surface area contributed by atoms with E-state index >= 15 is 0 Å². The van der Waals surface area contributed by atoms with Gasteiger partial charge in [0, 0.05) is 37.5 Å². The lowest BCUT2D eigenvalue weighted by atomic mass is 9.87. The number of hydrogen-bond acceptors (Lipinski definition) is 4. The number of anilines is 1. The second-order valence-corrected chi connectivity index (χ2v) is 4.54. The molecule has 4 nitrogen and oxygen atoms in total. The standard InChI is InChI=1S/C11H15N3O/c1-5-14(10-7-12-3-4-13-10)8-11(1)2-6-15-9-11/h3-4,7H,1-2,5-6,8-9H2/t11-/m1/s1. The molecule has 2 aliphatic heterocycles. The molecule has 0 aliphatic carbocycles. The van der Waals surface area contributed by atoms with Crippen molar-refractivity contribution in [3.8, 4) is 0 Å². The molecule has 4 heteroatoms. The third kappa shape index (κ3) is 1.59. The Labute approximate surface area is 89.3 Å². The molecule has 2 saturated heterocycles. The van der Waals surface area contributed by atoms with Gasteiger partial charge in [-0.05, 0) is 12.8 Å². The van der Waals surface area contributed by atoms with Crippen molar-refractivity contribution < 1.29 is 4.74 Å². The summed E-state index contributed by atoms with van der Waals surface area (Å²) in [6.07, 6.45) is 7.74. The maximum Gasteiger partial charge on any atom is 0.147 e. The predicted octanol–water partition coefficient (Wildman–Crippen LogP) is 1.09. The number of ether oxygens (including phenoxy) is 1. The Bertz CT molecular complexity index is 335. The van der Waals surface area contributed by atoms with E-state index in [4.69, 9.17) is 4.74 Å². The third-order valence-corrected chi connectivity index (χ3v) is 3.50. The Morgan fingerprint density at radius 3 is 3.07 bits per heavy atom. The lowest BCUT2D eigenvalue weighted by Gasteiger charge is -2.22. The van der Waals surface area contributed by atoms with Crippen LogP contribution in [0.1, 0.15) is 12.8 Å². The van der Waals surface area contributed by atoms with E-state index in [9.17, 15) is 0 Å². The van der Waals surface area contributed by atoms with Crippen LogP contribution in [-0.4, -0.2) is 36.3 Å². The van der Waals surface area contributed by atoms with Gasteiger partial charge in [-0.15, -0.1) is 0 Å². The van der Waals surface area contributed by atoms with Gasteiger partial charge in [0.15, 0.2) is 0 Å². The van der Waals surface area contributed by atoms with E-state index in [1.165, 1.54) is 12.8 Å². The smallest absolute Gasteiger partial charge is 0.147 e. The lowest BCUT2D eigenvalue weighted by Crippen LogP contribution is -2.27. The molecular formula is C11H15N3O. The number of rotatable bonds is 1. The van der Waals surface area contributed by atoms with E-state index < -0.39 is 0 Å². The zero-order chi connectivity index (χ0) is 10.1. The Morgan fingerprint density at radius 1 is 1.33 bits per heavy atom. The minimum atomic E-state index is 0.400. The average Bonchev–Trinajstić information content (AvgIpc) is 2.91. The average molecular weight is 205 g/mol. The van der Waals surface area contributed by atoms with Crippen molar-refractivity contribution in [2.75, 3.05) is 31.2 Å². The molecule has 3 rings (SSSR count). The Hall–Kier alpha value is -1.16. The van der Waals surface area contributed by atoms with E-state index in [-0.39, 0.29) is 0 Å². The first-order valence-electron chi connectivity index (χ1n) is 5.47. The highest BCUT2D eigenvalue weighted by Crippen LogP contribution is 2.39. The third-order valence-electron chi connectivity index (χ3n) is 3.50. The van der Waals surface area contributed by atoms with E-state index in [2.05, 4.69) is 14.9 Å². The lowest BCUT2D eigenvalue weighted by molar-refractivity contribution is 0.160. The van der Waals surface area contributed by atoms with Crippen molar-refractivity contribution in [1.29, 1.82) is 0 Å². The van der Waals surface area contributed by atoms with Crippen LogP contribution in [0.2, 0.25) is 0 Å². The monoisotopic (exact) mass is 205 g/mol. The fraction of sp³-hybridized carbons (Fsp3) is 0.636. The fourth-order valence-electron chi connectivity index (χ4n) is 2.56. The highest BCUT2D eigenvalue weighted by Gasteiger charge is 2.41. The van der Waals surface area contributed by atoms with Crippen molar-refractivity contribution >= 4 is 5.82 Å². The molecule has 0 saturated carbocycles. The van der Waals surface area contributed by atoms with Crippen LogP contribution in [0.25, 0.3) is 0 Å². The molecule has 0 aromatic carbocycles. The van der Waals surface area contributed by atoms with Gasteiger partial charge in [0.25, 0.3) is 0 Å². The van der Waals surface area contributed by atoms with Crippen LogP contribution in [0, 0.1) is 5.41 Å². The topological polar surface area (TPSA) is 38.2 Å². The summed E-state index contributed by atoms with van der Waals surface area (Å²) in [6, 6.07) is 0. The molecule has 15 heavy (non-hydrogen) atoms. The number of nitrogens with zero attached hydrogens (tertiary/aromatic N) is 3. The van der Waals surface area contributed by atoms with Gasteiger partial charge in [-0.2, -0.15) is 0 Å². The molecule has 1 spiro atoms. The summed E-state index contributed by atoms with van der Waals surface area (Å²) in [6.45, 7) is 4.01. The molecule has 3 heterocycles. The van der Waals surface area contributed by atoms with Crippen LogP contribution in [0.3, 0.4) is 0 Å². The second kappa shape index (κ2) is 3.45. The van der Waals surface area contributed by atoms with Gasteiger partial charge in [0.2, 0.25) is 0 Å². The van der Waals surface area contributed by atoms with Crippen LogP contribution >= 0.6 is 0 Å². The van der Waals surface area contributed by atoms with Gasteiger partial charge in [0.05, 0.1) is 12.8 Å². The SMILES string of the molecule is c1cnc(N2CC[C@@]3(CCOC3)C2)cn1. The zero-order valence-electron chi connectivity index (χ0n) is 8.72. The minimum Gasteiger partial charge on any atom is -0.381 e. The first-order chi connectivity index (χ1) is 7.38. The molecule has 0 radical (unpaired) electrons. The maximum atomic E-state index is 5.50. The summed E-state index contributed by atoms with van der Waals surface area (Å²) >= 11 is 0. The summed E-state index contributed by atoms with van der Waals surface area (Å²) in [5, 5.41) is 0. The largest absolute Gasteiger partial charge is 0.381 e. The number of aromatic nitrogens is 2. The number of hydrogen-bond donors (Lipinski definition) is 0. The van der Waals surface area contributed by atoms with E-state index in [1.807, 2.05) is 6.20 Å². The van der Waals surface area contributed by atoms with E-state index in [0.717, 1.165) is 32.1 Å². The van der Waals surface area contributed by atoms with Gasteiger partial charge in [-0.25, -0.2) is 4.98 Å². The fourth-order valence-corrected chi connectivity index (χ4v) is 2.56. The van der Waals surface area contributed by atoms with Gasteiger partial charge in [-0.3, -0.25) is 4.98 Å². The normalized spacial score (nSPS) is 30.3. The Kier molecular flexibility index (Phi) is 2.09. The summed E-state index contributed by atoms with van der Waals surface area (Å²) in [4.78, 5) is 10.8. The van der Waals surface area contributed by atoms with Gasteiger partial charge in [0.1, 0.15) is 5.82 Å². The van der Waals surface area contributed by atoms with Crippen LogP contribution in [0.15, 0.2) is 18.6 Å². The van der Waals surface area contributed by atoms with Crippen molar-refractivity contribution in [2.45, 2.75) is 12.8 Å². The molecule has 1 aromatic heterocycles. The Morgan fingerprint density at radius 2 is 2.33 bits per heavy atom. The molecular weight excluding hydrogens is 190 g/mol. The van der Waals surface area contributed by atoms with Gasteiger partial charge >= 0.3 is 0 Å². The van der Waals surface area contributed by atoms with Gasteiger partial charge < -0.3 is 9.64 Å². The maximum absolute atomic E-state index is 5.50. The molecule has 0 unspecified atom stereocenters. The summed E-state index contributed by atoms with van der Waals surface area (Å²) in [7, 11) is 0. The molecule has 1 aromatic rings. The molecule has 0 bridgehead atoms.